The van der Waals surface area contributed by atoms with E-state index in [1.54, 1.807) is 6.92 Å². The highest BCUT2D eigenvalue weighted by Crippen LogP contribution is 2.20. The van der Waals surface area contributed by atoms with E-state index in [9.17, 15) is 4.79 Å². The van der Waals surface area contributed by atoms with Crippen molar-refractivity contribution in [2.75, 3.05) is 32.7 Å². The van der Waals surface area contributed by atoms with Crippen molar-refractivity contribution in [1.29, 1.82) is 0 Å². The molecule has 6 heteroatoms. The largest absolute Gasteiger partial charge is 0.341 e. The summed E-state index contributed by atoms with van der Waals surface area (Å²) in [4.78, 5) is 16.3. The lowest BCUT2D eigenvalue weighted by molar-refractivity contribution is -0.133. The van der Waals surface area contributed by atoms with Gasteiger partial charge in [0, 0.05) is 19.6 Å². The number of rotatable bonds is 3. The van der Waals surface area contributed by atoms with E-state index < -0.39 is 0 Å². The van der Waals surface area contributed by atoms with E-state index in [0.29, 0.717) is 0 Å². The molecular formula is C13H27Cl2N3O. The first-order valence-electron chi connectivity index (χ1n) is 6.93. The summed E-state index contributed by atoms with van der Waals surface area (Å²) in [6.45, 7) is 7.37. The van der Waals surface area contributed by atoms with Crippen LogP contribution < -0.4 is 5.73 Å². The molecule has 114 valence electrons. The Morgan fingerprint density at radius 3 is 2.16 bits per heavy atom. The normalized spacial score (nSPS) is 22.5. The molecular weight excluding hydrogens is 285 g/mol. The van der Waals surface area contributed by atoms with Crippen molar-refractivity contribution in [3.63, 3.8) is 0 Å². The third kappa shape index (κ3) is 5.46. The van der Waals surface area contributed by atoms with Gasteiger partial charge in [-0.15, -0.1) is 24.8 Å². The molecule has 4 nitrogen and oxygen atoms in total. The average Bonchev–Trinajstić information content (AvgIpc) is 2.82. The lowest BCUT2D eigenvalue weighted by atomic mass is 9.96. The predicted molar refractivity (Wildman–Crippen MR) is 83.1 cm³/mol. The number of carbonyl (C=O) groups excluding carboxylic acids is 1. The molecule has 0 bridgehead atoms. The van der Waals surface area contributed by atoms with Crippen LogP contribution in [0.3, 0.4) is 0 Å². The monoisotopic (exact) mass is 311 g/mol. The van der Waals surface area contributed by atoms with Gasteiger partial charge in [-0.25, -0.2) is 0 Å². The number of carbonyl (C=O) groups is 1. The molecule has 1 amide bonds. The minimum Gasteiger partial charge on any atom is -0.341 e. The molecule has 2 aliphatic rings. The van der Waals surface area contributed by atoms with Crippen molar-refractivity contribution >= 4 is 30.7 Å². The fraction of sp³-hybridized carbons (Fsp3) is 0.923. The van der Waals surface area contributed by atoms with Gasteiger partial charge in [0.2, 0.25) is 5.91 Å². The van der Waals surface area contributed by atoms with Crippen LogP contribution in [0.4, 0.5) is 0 Å². The lowest BCUT2D eigenvalue weighted by Gasteiger charge is -2.34. The van der Waals surface area contributed by atoms with Crippen LogP contribution in [-0.4, -0.2) is 54.5 Å². The van der Waals surface area contributed by atoms with Gasteiger partial charge in [0.25, 0.3) is 0 Å². The quantitative estimate of drug-likeness (QED) is 0.859. The molecule has 2 rings (SSSR count). The Hall–Kier alpha value is -0.0300. The van der Waals surface area contributed by atoms with Crippen LogP contribution in [0, 0.1) is 5.92 Å². The SMILES string of the molecule is C[C@H](N)C(=O)N1CCC(CN2CCCC2)CC1.Cl.Cl. The van der Waals surface area contributed by atoms with E-state index in [4.69, 9.17) is 5.73 Å². The van der Waals surface area contributed by atoms with Crippen molar-refractivity contribution in [2.45, 2.75) is 38.6 Å². The smallest absolute Gasteiger partial charge is 0.239 e. The van der Waals surface area contributed by atoms with Crippen LogP contribution in [0.5, 0.6) is 0 Å². The van der Waals surface area contributed by atoms with Crippen LogP contribution in [0.15, 0.2) is 0 Å². The Morgan fingerprint density at radius 1 is 1.16 bits per heavy atom. The van der Waals surface area contributed by atoms with Crippen LogP contribution in [0.25, 0.3) is 0 Å². The molecule has 1 atom stereocenters. The van der Waals surface area contributed by atoms with Crippen molar-refractivity contribution in [3.05, 3.63) is 0 Å². The standard InChI is InChI=1S/C13H25N3O.2ClH/c1-11(14)13(17)16-8-4-12(5-9-16)10-15-6-2-3-7-15;;/h11-12H,2-10,14H2,1H3;2*1H/t11-;;/m0../s1. The highest BCUT2D eigenvalue weighted by Gasteiger charge is 2.26. The van der Waals surface area contributed by atoms with Gasteiger partial charge in [-0.2, -0.15) is 0 Å². The minimum absolute atomic E-state index is 0. The van der Waals surface area contributed by atoms with Crippen molar-refractivity contribution < 1.29 is 4.79 Å². The number of halogens is 2. The van der Waals surface area contributed by atoms with Crippen molar-refractivity contribution in [3.8, 4) is 0 Å². The molecule has 0 aromatic carbocycles. The van der Waals surface area contributed by atoms with E-state index in [2.05, 4.69) is 4.90 Å². The summed E-state index contributed by atoms with van der Waals surface area (Å²) in [5.41, 5.74) is 5.63. The third-order valence-corrected chi connectivity index (χ3v) is 4.03. The zero-order valence-electron chi connectivity index (χ0n) is 11.7. The minimum atomic E-state index is -0.342. The Kier molecular flexibility index (Phi) is 8.99. The molecule has 0 spiro atoms. The van der Waals surface area contributed by atoms with Gasteiger partial charge in [-0.1, -0.05) is 0 Å². The summed E-state index contributed by atoms with van der Waals surface area (Å²) in [7, 11) is 0. The second kappa shape index (κ2) is 9.01. The fourth-order valence-corrected chi connectivity index (χ4v) is 2.95. The van der Waals surface area contributed by atoms with Gasteiger partial charge in [-0.3, -0.25) is 4.79 Å². The molecule has 0 aromatic heterocycles. The molecule has 2 N–H and O–H groups in total. The lowest BCUT2D eigenvalue weighted by Crippen LogP contribution is -2.47. The molecule has 19 heavy (non-hydrogen) atoms. The molecule has 2 aliphatic heterocycles. The average molecular weight is 312 g/mol. The number of amides is 1. The van der Waals surface area contributed by atoms with E-state index >= 15 is 0 Å². The second-order valence-electron chi connectivity index (χ2n) is 5.57. The summed E-state index contributed by atoms with van der Waals surface area (Å²) in [5, 5.41) is 0. The van der Waals surface area contributed by atoms with E-state index in [-0.39, 0.29) is 36.8 Å². The summed E-state index contributed by atoms with van der Waals surface area (Å²) in [6.07, 6.45) is 5.02. The number of piperidine rings is 1. The first-order valence-corrected chi connectivity index (χ1v) is 6.93. The third-order valence-electron chi connectivity index (χ3n) is 4.03. The summed E-state index contributed by atoms with van der Waals surface area (Å²) < 4.78 is 0. The molecule has 0 radical (unpaired) electrons. The predicted octanol–water partition coefficient (Wildman–Crippen LogP) is 1.51. The number of likely N-dealkylation sites (tertiary alicyclic amines) is 2. The van der Waals surface area contributed by atoms with Gasteiger partial charge < -0.3 is 15.5 Å². The highest BCUT2D eigenvalue weighted by atomic mass is 35.5. The van der Waals surface area contributed by atoms with E-state index in [0.717, 1.165) is 31.8 Å². The zero-order chi connectivity index (χ0) is 12.3. The fourth-order valence-electron chi connectivity index (χ4n) is 2.95. The zero-order valence-corrected chi connectivity index (χ0v) is 13.3. The van der Waals surface area contributed by atoms with Gasteiger partial charge in [-0.05, 0) is 51.6 Å². The molecule has 0 saturated carbocycles. The molecule has 0 unspecified atom stereocenters. The summed E-state index contributed by atoms with van der Waals surface area (Å²) in [5.74, 6) is 0.898. The Labute approximate surface area is 128 Å². The van der Waals surface area contributed by atoms with Crippen LogP contribution in [0.1, 0.15) is 32.6 Å². The van der Waals surface area contributed by atoms with Crippen molar-refractivity contribution in [1.82, 2.24) is 9.80 Å². The molecule has 2 heterocycles. The summed E-state index contributed by atoms with van der Waals surface area (Å²) in [6, 6.07) is -0.342. The summed E-state index contributed by atoms with van der Waals surface area (Å²) >= 11 is 0. The highest BCUT2D eigenvalue weighted by molar-refractivity contribution is 5.85. The molecule has 2 fully saturated rings. The van der Waals surface area contributed by atoms with E-state index in [1.165, 1.54) is 32.5 Å². The number of nitrogens with two attached hydrogens (primary N) is 1. The maximum absolute atomic E-state index is 11.7. The number of hydrogen-bond acceptors (Lipinski definition) is 3. The Balaban J connectivity index is 0.00000162. The number of nitrogens with zero attached hydrogens (tertiary/aromatic N) is 2. The van der Waals surface area contributed by atoms with E-state index in [1.807, 2.05) is 4.90 Å². The second-order valence-corrected chi connectivity index (χ2v) is 5.57. The topological polar surface area (TPSA) is 49.6 Å². The van der Waals surface area contributed by atoms with Gasteiger partial charge >= 0.3 is 0 Å². The maximum atomic E-state index is 11.7. The van der Waals surface area contributed by atoms with Crippen LogP contribution >= 0.6 is 24.8 Å². The van der Waals surface area contributed by atoms with Gasteiger partial charge in [0.05, 0.1) is 6.04 Å². The Morgan fingerprint density at radius 2 is 1.68 bits per heavy atom. The van der Waals surface area contributed by atoms with Gasteiger partial charge in [0.1, 0.15) is 0 Å². The van der Waals surface area contributed by atoms with Crippen LogP contribution in [-0.2, 0) is 4.79 Å². The number of hydrogen-bond donors (Lipinski definition) is 1. The van der Waals surface area contributed by atoms with Gasteiger partial charge in [0.15, 0.2) is 0 Å². The molecule has 2 saturated heterocycles. The maximum Gasteiger partial charge on any atom is 0.239 e. The molecule has 0 aromatic rings. The first-order chi connectivity index (χ1) is 8.16. The molecule has 0 aliphatic carbocycles. The Bertz CT molecular complexity index is 263. The van der Waals surface area contributed by atoms with Crippen LogP contribution in [0.2, 0.25) is 0 Å². The van der Waals surface area contributed by atoms with Crippen molar-refractivity contribution in [2.24, 2.45) is 11.7 Å². The first kappa shape index (κ1) is 19.0.